The molecule has 0 atom stereocenters. The van der Waals surface area contributed by atoms with Gasteiger partial charge in [-0.2, -0.15) is 0 Å². The summed E-state index contributed by atoms with van der Waals surface area (Å²) >= 11 is 1.41. The highest BCUT2D eigenvalue weighted by atomic mass is 32.2. The standard InChI is InChI=1S/C26H37N3O3S/c1-3-5-6-7-8-9-11-20-12-14-21(15-13-20)28-25(31)24-22(16-17-23(30)32-4-2)29-19-10-18-27-26(29)33-24/h12-15H,3-11,16-19H2,1-2H3,(H,28,31). The molecule has 6 nitrogen and oxygen atoms in total. The second-order valence-corrected chi connectivity index (χ2v) is 9.50. The van der Waals surface area contributed by atoms with Crippen molar-refractivity contribution in [2.45, 2.75) is 78.1 Å². The second-order valence-electron chi connectivity index (χ2n) is 8.52. The number of aryl methyl sites for hydroxylation is 1. The summed E-state index contributed by atoms with van der Waals surface area (Å²) in [6.07, 6.45) is 10.5. The number of esters is 1. The summed E-state index contributed by atoms with van der Waals surface area (Å²) in [6, 6.07) is 8.17. The van der Waals surface area contributed by atoms with Crippen LogP contribution in [0.5, 0.6) is 0 Å². The van der Waals surface area contributed by atoms with E-state index in [9.17, 15) is 9.59 Å². The quantitative estimate of drug-likeness (QED) is 0.287. The number of hydrogen-bond acceptors (Lipinski definition) is 6. The minimum atomic E-state index is -0.238. The predicted molar refractivity (Wildman–Crippen MR) is 136 cm³/mol. The Hall–Kier alpha value is -2.28. The summed E-state index contributed by atoms with van der Waals surface area (Å²) in [6.45, 7) is 6.01. The van der Waals surface area contributed by atoms with Gasteiger partial charge in [0.2, 0.25) is 0 Å². The van der Waals surface area contributed by atoms with E-state index in [2.05, 4.69) is 34.3 Å². The second kappa shape index (κ2) is 13.4. The summed E-state index contributed by atoms with van der Waals surface area (Å²) < 4.78 is 5.07. The Balaban J connectivity index is 1.58. The van der Waals surface area contributed by atoms with Gasteiger partial charge in [0.05, 0.1) is 17.9 Å². The largest absolute Gasteiger partial charge is 0.466 e. The zero-order valence-electron chi connectivity index (χ0n) is 20.0. The molecule has 2 aliphatic heterocycles. The van der Waals surface area contributed by atoms with Crippen molar-refractivity contribution in [3.8, 4) is 0 Å². The molecule has 7 heteroatoms. The molecule has 1 N–H and O–H groups in total. The van der Waals surface area contributed by atoms with Crippen molar-refractivity contribution in [3.63, 3.8) is 0 Å². The minimum absolute atomic E-state index is 0.139. The van der Waals surface area contributed by atoms with Gasteiger partial charge >= 0.3 is 5.97 Å². The van der Waals surface area contributed by atoms with Gasteiger partial charge in [0.25, 0.3) is 5.91 Å². The van der Waals surface area contributed by atoms with Gasteiger partial charge in [-0.1, -0.05) is 51.2 Å². The number of unbranched alkanes of at least 4 members (excludes halogenated alkanes) is 5. The number of amidine groups is 1. The van der Waals surface area contributed by atoms with Crippen molar-refractivity contribution in [1.82, 2.24) is 4.90 Å². The molecule has 180 valence electrons. The SMILES string of the molecule is CCCCCCCCc1ccc(NC(=O)C2=C(CCC(=O)OCC)N3CCCN=C3S2)cc1. The van der Waals surface area contributed by atoms with Crippen LogP contribution >= 0.6 is 11.8 Å². The van der Waals surface area contributed by atoms with E-state index in [4.69, 9.17) is 4.74 Å². The predicted octanol–water partition coefficient (Wildman–Crippen LogP) is 5.89. The maximum absolute atomic E-state index is 13.1. The van der Waals surface area contributed by atoms with Gasteiger partial charge in [-0.05, 0) is 62.1 Å². The van der Waals surface area contributed by atoms with Crippen molar-refractivity contribution < 1.29 is 14.3 Å². The van der Waals surface area contributed by atoms with E-state index in [-0.39, 0.29) is 18.3 Å². The van der Waals surface area contributed by atoms with Gasteiger partial charge < -0.3 is 15.0 Å². The first-order chi connectivity index (χ1) is 16.1. The van der Waals surface area contributed by atoms with Crippen LogP contribution < -0.4 is 5.32 Å². The van der Waals surface area contributed by atoms with Crippen LogP contribution in [0, 0.1) is 0 Å². The third-order valence-electron chi connectivity index (χ3n) is 5.91. The zero-order valence-corrected chi connectivity index (χ0v) is 20.8. The Kier molecular flexibility index (Phi) is 10.3. The number of benzene rings is 1. The highest BCUT2D eigenvalue weighted by Crippen LogP contribution is 2.38. The average Bonchev–Trinajstić information content (AvgIpc) is 3.20. The fraction of sp³-hybridized carbons (Fsp3) is 0.577. The van der Waals surface area contributed by atoms with Crippen LogP contribution in [0.2, 0.25) is 0 Å². The van der Waals surface area contributed by atoms with Crippen molar-refractivity contribution in [1.29, 1.82) is 0 Å². The van der Waals surface area contributed by atoms with Crippen molar-refractivity contribution >= 4 is 34.5 Å². The molecule has 0 aromatic heterocycles. The molecule has 2 aliphatic rings. The molecule has 0 saturated carbocycles. The van der Waals surface area contributed by atoms with Gasteiger partial charge in [-0.25, -0.2) is 0 Å². The number of ether oxygens (including phenoxy) is 1. The summed E-state index contributed by atoms with van der Waals surface area (Å²) in [4.78, 5) is 32.3. The van der Waals surface area contributed by atoms with Gasteiger partial charge in [-0.15, -0.1) is 0 Å². The molecule has 1 aromatic rings. The molecule has 0 unspecified atom stereocenters. The van der Waals surface area contributed by atoms with E-state index in [1.165, 1.54) is 55.9 Å². The number of amides is 1. The minimum Gasteiger partial charge on any atom is -0.466 e. The lowest BCUT2D eigenvalue weighted by atomic mass is 10.0. The molecule has 33 heavy (non-hydrogen) atoms. The highest BCUT2D eigenvalue weighted by molar-refractivity contribution is 8.18. The smallest absolute Gasteiger partial charge is 0.306 e. The maximum Gasteiger partial charge on any atom is 0.306 e. The van der Waals surface area contributed by atoms with Crippen LogP contribution in [0.25, 0.3) is 0 Å². The number of nitrogens with one attached hydrogen (secondary N) is 1. The average molecular weight is 472 g/mol. The molecule has 2 heterocycles. The molecule has 0 radical (unpaired) electrons. The maximum atomic E-state index is 13.1. The van der Waals surface area contributed by atoms with Gasteiger partial charge in [0, 0.05) is 24.5 Å². The molecule has 0 fully saturated rings. The number of nitrogens with zero attached hydrogens (tertiary/aromatic N) is 2. The van der Waals surface area contributed by atoms with E-state index in [0.29, 0.717) is 17.9 Å². The summed E-state index contributed by atoms with van der Waals surface area (Å²) in [7, 11) is 0. The van der Waals surface area contributed by atoms with Crippen molar-refractivity contribution in [2.24, 2.45) is 4.99 Å². The van der Waals surface area contributed by atoms with E-state index < -0.39 is 0 Å². The Morgan fingerprint density at radius 1 is 1.06 bits per heavy atom. The monoisotopic (exact) mass is 471 g/mol. The molecule has 3 rings (SSSR count). The summed E-state index contributed by atoms with van der Waals surface area (Å²) in [5, 5.41) is 3.90. The fourth-order valence-corrected chi connectivity index (χ4v) is 5.25. The van der Waals surface area contributed by atoms with Crippen LogP contribution in [0.1, 0.15) is 77.2 Å². The van der Waals surface area contributed by atoms with Crippen LogP contribution in [-0.2, 0) is 20.7 Å². The van der Waals surface area contributed by atoms with Crippen molar-refractivity contribution in [3.05, 3.63) is 40.4 Å². The highest BCUT2D eigenvalue weighted by Gasteiger charge is 2.34. The number of allylic oxidation sites excluding steroid dienone is 1. The molecule has 1 aromatic carbocycles. The lowest BCUT2D eigenvalue weighted by Gasteiger charge is -2.25. The molecule has 1 amide bonds. The number of hydrogen-bond donors (Lipinski definition) is 1. The Labute approximate surface area is 202 Å². The van der Waals surface area contributed by atoms with E-state index >= 15 is 0 Å². The first-order valence-corrected chi connectivity index (χ1v) is 13.2. The Morgan fingerprint density at radius 2 is 1.82 bits per heavy atom. The third-order valence-corrected chi connectivity index (χ3v) is 7.06. The van der Waals surface area contributed by atoms with Crippen LogP contribution in [-0.4, -0.2) is 41.6 Å². The molecular weight excluding hydrogens is 434 g/mol. The molecule has 0 spiro atoms. The van der Waals surface area contributed by atoms with E-state index in [0.717, 1.165) is 42.5 Å². The number of carbonyl (C=O) groups excluding carboxylic acids is 2. The van der Waals surface area contributed by atoms with Crippen LogP contribution in [0.4, 0.5) is 5.69 Å². The normalized spacial score (nSPS) is 15.3. The molecular formula is C26H37N3O3S. The number of anilines is 1. The Morgan fingerprint density at radius 3 is 2.58 bits per heavy atom. The van der Waals surface area contributed by atoms with E-state index in [1.54, 1.807) is 6.92 Å². The molecule has 0 saturated heterocycles. The summed E-state index contributed by atoms with van der Waals surface area (Å²) in [5.41, 5.74) is 2.97. The summed E-state index contributed by atoms with van der Waals surface area (Å²) in [5.74, 6) is -0.377. The topological polar surface area (TPSA) is 71.0 Å². The first-order valence-electron chi connectivity index (χ1n) is 12.4. The van der Waals surface area contributed by atoms with Crippen molar-refractivity contribution in [2.75, 3.05) is 25.0 Å². The van der Waals surface area contributed by atoms with Gasteiger partial charge in [-0.3, -0.25) is 14.6 Å². The number of fused-ring (bicyclic) bond motifs is 1. The number of thioether (sulfide) groups is 1. The van der Waals surface area contributed by atoms with Gasteiger partial charge in [0.1, 0.15) is 0 Å². The number of carbonyl (C=O) groups is 2. The van der Waals surface area contributed by atoms with Crippen LogP contribution in [0.3, 0.4) is 0 Å². The lowest BCUT2D eigenvalue weighted by Crippen LogP contribution is -2.30. The third kappa shape index (κ3) is 7.63. The van der Waals surface area contributed by atoms with E-state index in [1.807, 2.05) is 12.1 Å². The molecule has 0 bridgehead atoms. The van der Waals surface area contributed by atoms with Gasteiger partial charge in [0.15, 0.2) is 5.17 Å². The fourth-order valence-electron chi connectivity index (χ4n) is 4.13. The lowest BCUT2D eigenvalue weighted by molar-refractivity contribution is -0.143. The zero-order chi connectivity index (χ0) is 23.5. The number of rotatable bonds is 13. The first kappa shape index (κ1) is 25.3. The number of aliphatic imine (C=N–C) groups is 1. The molecule has 0 aliphatic carbocycles. The Bertz CT molecular complexity index is 864. The van der Waals surface area contributed by atoms with Crippen LogP contribution in [0.15, 0.2) is 39.9 Å².